The first-order valence-corrected chi connectivity index (χ1v) is 6.57. The maximum absolute atomic E-state index is 12.9. The molecule has 0 bridgehead atoms. The van der Waals surface area contributed by atoms with Crippen molar-refractivity contribution in [3.05, 3.63) is 34.1 Å². The van der Waals surface area contributed by atoms with Gasteiger partial charge >= 0.3 is 5.97 Å². The van der Waals surface area contributed by atoms with Gasteiger partial charge in [-0.3, -0.25) is 4.79 Å². The van der Waals surface area contributed by atoms with Crippen molar-refractivity contribution in [2.45, 2.75) is 32.9 Å². The van der Waals surface area contributed by atoms with Gasteiger partial charge in [-0.1, -0.05) is 0 Å². The zero-order chi connectivity index (χ0) is 14.6. The highest BCUT2D eigenvalue weighted by atomic mass is 79.9. The fourth-order valence-corrected chi connectivity index (χ4v) is 1.85. The molecular weight excluding hydrogens is 317 g/mol. The molecule has 4 nitrogen and oxygen atoms in total. The van der Waals surface area contributed by atoms with Crippen molar-refractivity contribution in [3.63, 3.8) is 0 Å². The van der Waals surface area contributed by atoms with Crippen LogP contribution in [0.5, 0.6) is 0 Å². The quantitative estimate of drug-likeness (QED) is 0.863. The smallest absolute Gasteiger partial charge is 0.340 e. The molecule has 0 aliphatic carbocycles. The van der Waals surface area contributed by atoms with E-state index < -0.39 is 17.9 Å². The molecule has 1 amide bonds. The van der Waals surface area contributed by atoms with Gasteiger partial charge in [0.2, 0.25) is 0 Å². The summed E-state index contributed by atoms with van der Waals surface area (Å²) in [7, 11) is 0. The van der Waals surface area contributed by atoms with Crippen LogP contribution in [0.3, 0.4) is 0 Å². The Hall–Kier alpha value is -1.43. The van der Waals surface area contributed by atoms with Crippen LogP contribution in [0.25, 0.3) is 0 Å². The van der Waals surface area contributed by atoms with Crippen LogP contribution >= 0.6 is 15.9 Å². The second-order valence-corrected chi connectivity index (χ2v) is 5.19. The predicted molar refractivity (Wildman–Crippen MR) is 72.3 cm³/mol. The third-order valence-electron chi connectivity index (χ3n) is 2.24. The van der Waals surface area contributed by atoms with Crippen LogP contribution in [0.1, 0.15) is 31.1 Å². The Morgan fingerprint density at radius 3 is 2.47 bits per heavy atom. The Morgan fingerprint density at radius 2 is 1.95 bits per heavy atom. The van der Waals surface area contributed by atoms with E-state index >= 15 is 0 Å². The van der Waals surface area contributed by atoms with Gasteiger partial charge < -0.3 is 10.1 Å². The van der Waals surface area contributed by atoms with E-state index in [0.717, 1.165) is 12.1 Å². The zero-order valence-electron chi connectivity index (χ0n) is 10.9. The first-order valence-electron chi connectivity index (χ1n) is 5.77. The van der Waals surface area contributed by atoms with E-state index in [1.54, 1.807) is 0 Å². The summed E-state index contributed by atoms with van der Waals surface area (Å²) in [6.45, 7) is 5.10. The maximum atomic E-state index is 12.9. The molecule has 0 saturated heterocycles. The van der Waals surface area contributed by atoms with Crippen molar-refractivity contribution in [3.8, 4) is 0 Å². The number of esters is 1. The lowest BCUT2D eigenvalue weighted by Crippen LogP contribution is -2.39. The minimum absolute atomic E-state index is 0.0359. The lowest BCUT2D eigenvalue weighted by Gasteiger charge is -2.15. The molecule has 1 rings (SSSR count). The Labute approximate surface area is 119 Å². The highest BCUT2D eigenvalue weighted by molar-refractivity contribution is 9.10. The minimum atomic E-state index is -0.910. The summed E-state index contributed by atoms with van der Waals surface area (Å²) in [5, 5.41) is 2.64. The summed E-state index contributed by atoms with van der Waals surface area (Å²) in [5.74, 6) is -1.52. The van der Waals surface area contributed by atoms with Gasteiger partial charge in [0.15, 0.2) is 6.10 Å². The van der Waals surface area contributed by atoms with E-state index in [0.29, 0.717) is 0 Å². The highest BCUT2D eigenvalue weighted by Gasteiger charge is 2.20. The van der Waals surface area contributed by atoms with Crippen molar-refractivity contribution in [2.75, 3.05) is 0 Å². The standard InChI is InChI=1S/C13H15BrFNO3/c1-7(2)16-12(17)8(3)19-13(18)10-5-4-9(15)6-11(10)14/h4-8H,1-3H3,(H,16,17)/t8-/m0/s1. The molecule has 104 valence electrons. The number of hydrogen-bond donors (Lipinski definition) is 1. The third-order valence-corrected chi connectivity index (χ3v) is 2.89. The lowest BCUT2D eigenvalue weighted by atomic mass is 10.2. The summed E-state index contributed by atoms with van der Waals surface area (Å²) < 4.78 is 18.2. The van der Waals surface area contributed by atoms with Crippen molar-refractivity contribution >= 4 is 27.8 Å². The average Bonchev–Trinajstić information content (AvgIpc) is 2.27. The van der Waals surface area contributed by atoms with Gasteiger partial charge in [0.25, 0.3) is 5.91 Å². The Balaban J connectivity index is 2.71. The van der Waals surface area contributed by atoms with Gasteiger partial charge in [-0.15, -0.1) is 0 Å². The molecular formula is C13H15BrFNO3. The van der Waals surface area contributed by atoms with Gasteiger partial charge in [-0.25, -0.2) is 9.18 Å². The van der Waals surface area contributed by atoms with Crippen LogP contribution < -0.4 is 5.32 Å². The molecule has 0 unspecified atom stereocenters. The topological polar surface area (TPSA) is 55.4 Å². The summed E-state index contributed by atoms with van der Waals surface area (Å²) in [4.78, 5) is 23.4. The van der Waals surface area contributed by atoms with Crippen LogP contribution in [0.4, 0.5) is 4.39 Å². The molecule has 0 heterocycles. The number of nitrogens with one attached hydrogen (secondary N) is 1. The first kappa shape index (κ1) is 15.6. The largest absolute Gasteiger partial charge is 0.449 e. The number of carbonyl (C=O) groups excluding carboxylic acids is 2. The molecule has 6 heteroatoms. The van der Waals surface area contributed by atoms with Crippen molar-refractivity contribution in [1.82, 2.24) is 5.32 Å². The second kappa shape index (κ2) is 6.65. The maximum Gasteiger partial charge on any atom is 0.340 e. The molecule has 0 aromatic heterocycles. The van der Waals surface area contributed by atoms with Crippen LogP contribution in [-0.2, 0) is 9.53 Å². The Bertz CT molecular complexity index is 491. The van der Waals surface area contributed by atoms with Gasteiger partial charge in [-0.2, -0.15) is 0 Å². The van der Waals surface area contributed by atoms with Crippen LogP contribution in [-0.4, -0.2) is 24.0 Å². The van der Waals surface area contributed by atoms with Crippen LogP contribution in [0.2, 0.25) is 0 Å². The summed E-state index contributed by atoms with van der Waals surface area (Å²) in [6.07, 6.45) is -0.910. The van der Waals surface area contributed by atoms with Gasteiger partial charge in [0, 0.05) is 10.5 Å². The van der Waals surface area contributed by atoms with Crippen molar-refractivity contribution in [1.29, 1.82) is 0 Å². The molecule has 19 heavy (non-hydrogen) atoms. The molecule has 0 saturated carbocycles. The fraction of sp³-hybridized carbons (Fsp3) is 0.385. The van der Waals surface area contributed by atoms with Crippen LogP contribution in [0.15, 0.2) is 22.7 Å². The Kier molecular flexibility index (Phi) is 5.47. The van der Waals surface area contributed by atoms with Gasteiger partial charge in [0.1, 0.15) is 5.82 Å². The second-order valence-electron chi connectivity index (χ2n) is 4.33. The number of carbonyl (C=O) groups is 2. The molecule has 0 spiro atoms. The molecule has 0 fully saturated rings. The van der Waals surface area contributed by atoms with E-state index in [1.807, 2.05) is 13.8 Å². The zero-order valence-corrected chi connectivity index (χ0v) is 12.5. The van der Waals surface area contributed by atoms with Gasteiger partial charge in [0.05, 0.1) is 5.56 Å². The number of amides is 1. The Morgan fingerprint density at radius 1 is 1.32 bits per heavy atom. The summed E-state index contributed by atoms with van der Waals surface area (Å²) >= 11 is 3.07. The van der Waals surface area contributed by atoms with E-state index in [2.05, 4.69) is 21.2 Å². The number of halogens is 2. The van der Waals surface area contributed by atoms with Crippen LogP contribution in [0, 0.1) is 5.82 Å². The van der Waals surface area contributed by atoms with Crippen molar-refractivity contribution < 1.29 is 18.7 Å². The summed E-state index contributed by atoms with van der Waals surface area (Å²) in [6, 6.07) is 3.58. The minimum Gasteiger partial charge on any atom is -0.449 e. The van der Waals surface area contributed by atoms with E-state index in [9.17, 15) is 14.0 Å². The molecule has 1 aromatic carbocycles. The molecule has 1 N–H and O–H groups in total. The lowest BCUT2D eigenvalue weighted by molar-refractivity contribution is -0.129. The van der Waals surface area contributed by atoms with Crippen molar-refractivity contribution in [2.24, 2.45) is 0 Å². The third kappa shape index (κ3) is 4.63. The fourth-order valence-electron chi connectivity index (χ4n) is 1.33. The monoisotopic (exact) mass is 331 g/mol. The van der Waals surface area contributed by atoms with E-state index in [4.69, 9.17) is 4.74 Å². The van der Waals surface area contributed by atoms with E-state index in [-0.39, 0.29) is 22.0 Å². The number of hydrogen-bond acceptors (Lipinski definition) is 3. The average molecular weight is 332 g/mol. The molecule has 0 aliphatic heterocycles. The molecule has 1 atom stereocenters. The number of ether oxygens (including phenoxy) is 1. The molecule has 0 aliphatic rings. The van der Waals surface area contributed by atoms with E-state index in [1.165, 1.54) is 13.0 Å². The predicted octanol–water partition coefficient (Wildman–Crippen LogP) is 2.66. The SMILES string of the molecule is CC(C)NC(=O)[C@H](C)OC(=O)c1ccc(F)cc1Br. The summed E-state index contributed by atoms with van der Waals surface area (Å²) in [5.41, 5.74) is 0.172. The first-order chi connectivity index (χ1) is 8.81. The van der Waals surface area contributed by atoms with Gasteiger partial charge in [-0.05, 0) is 54.9 Å². The molecule has 0 radical (unpaired) electrons. The molecule has 1 aromatic rings. The number of benzene rings is 1. The number of rotatable bonds is 4. The normalized spacial score (nSPS) is 12.1. The highest BCUT2D eigenvalue weighted by Crippen LogP contribution is 2.19.